The zero-order chi connectivity index (χ0) is 31.7. The Labute approximate surface area is 277 Å². The number of hydrogen-bond acceptors (Lipinski definition) is 7. The smallest absolute Gasteiger partial charge is 0.455 e. The third kappa shape index (κ3) is 6.35. The molecule has 9 heteroatoms. The summed E-state index contributed by atoms with van der Waals surface area (Å²) in [5, 5.41) is 21.3. The lowest BCUT2D eigenvalue weighted by atomic mass is 9.54. The van der Waals surface area contributed by atoms with Gasteiger partial charge in [0, 0.05) is 23.0 Å². The van der Waals surface area contributed by atoms with E-state index >= 15 is 0 Å². The molecule has 0 amide bonds. The van der Waals surface area contributed by atoms with Gasteiger partial charge in [0.05, 0.1) is 16.8 Å². The van der Waals surface area contributed by atoms with Gasteiger partial charge >= 0.3 is 7.12 Å². The Bertz CT molecular complexity index is 1670. The molecule has 0 bridgehead atoms. The summed E-state index contributed by atoms with van der Waals surface area (Å²) in [5.41, 5.74) is 5.03. The number of allylic oxidation sites excluding steroid dienone is 1. The molecule has 0 unspecified atom stereocenters. The number of hydrogen-bond donors (Lipinski definition) is 2. The van der Waals surface area contributed by atoms with Gasteiger partial charge in [0.1, 0.15) is 12.4 Å². The van der Waals surface area contributed by atoms with E-state index in [2.05, 4.69) is 35.6 Å². The lowest BCUT2D eigenvalue weighted by Crippen LogP contribution is -2.51. The molecular weight excluding hydrogens is 682 g/mol. The van der Waals surface area contributed by atoms with Gasteiger partial charge < -0.3 is 24.3 Å². The van der Waals surface area contributed by atoms with E-state index in [1.54, 1.807) is 24.3 Å². The minimum atomic E-state index is -1.05. The van der Waals surface area contributed by atoms with E-state index in [1.165, 1.54) is 12.7 Å². The molecule has 232 valence electrons. The van der Waals surface area contributed by atoms with Crippen molar-refractivity contribution in [1.82, 2.24) is 0 Å². The summed E-state index contributed by atoms with van der Waals surface area (Å²) < 4.78 is 18.5. The number of ether oxygens (including phenoxy) is 2. The first-order valence-electron chi connectivity index (χ1n) is 15.5. The predicted molar refractivity (Wildman–Crippen MR) is 182 cm³/mol. The van der Waals surface area contributed by atoms with Crippen LogP contribution >= 0.6 is 22.6 Å². The molecule has 0 aromatic heterocycles. The van der Waals surface area contributed by atoms with E-state index in [-0.39, 0.29) is 36.2 Å². The van der Waals surface area contributed by atoms with Gasteiger partial charge in [0.25, 0.3) is 0 Å². The molecule has 1 fully saturated rings. The molecule has 4 atom stereocenters. The monoisotopic (exact) mass is 718 g/mol. The molecule has 3 aromatic carbocycles. The van der Waals surface area contributed by atoms with Crippen LogP contribution in [0.5, 0.6) is 17.2 Å². The van der Waals surface area contributed by atoms with E-state index in [9.17, 15) is 19.7 Å². The highest BCUT2D eigenvalue weighted by atomic mass is 127. The van der Waals surface area contributed by atoms with Gasteiger partial charge in [0.2, 0.25) is 0 Å². The van der Waals surface area contributed by atoms with Crippen LogP contribution in [0.2, 0.25) is 6.32 Å². The first kappa shape index (κ1) is 31.6. The van der Waals surface area contributed by atoms with Crippen LogP contribution in [0.25, 0.3) is 6.08 Å². The van der Waals surface area contributed by atoms with Crippen molar-refractivity contribution in [1.29, 1.82) is 0 Å². The van der Waals surface area contributed by atoms with Crippen molar-refractivity contribution < 1.29 is 33.8 Å². The Morgan fingerprint density at radius 2 is 1.76 bits per heavy atom. The van der Waals surface area contributed by atoms with Gasteiger partial charge in [0.15, 0.2) is 23.1 Å². The van der Waals surface area contributed by atoms with Crippen molar-refractivity contribution in [2.45, 2.75) is 45.0 Å². The fraction of sp³-hybridized carbons (Fsp3) is 0.333. The second-order valence-corrected chi connectivity index (χ2v) is 13.1. The van der Waals surface area contributed by atoms with Crippen LogP contribution in [-0.4, -0.2) is 48.6 Å². The number of ketones is 2. The molecule has 3 aliphatic rings. The number of halogens is 1. The first-order valence-corrected chi connectivity index (χ1v) is 16.5. The maximum Gasteiger partial charge on any atom is 0.455 e. The van der Waals surface area contributed by atoms with E-state index in [0.29, 0.717) is 39.7 Å². The molecule has 6 rings (SSSR count). The number of Topliss-reactive ketones (excluding diaryl/α,β-unsaturated/α-hetero) is 2. The molecule has 2 N–H and O–H groups in total. The van der Waals surface area contributed by atoms with Gasteiger partial charge in [-0.3, -0.25) is 9.59 Å². The number of carbonyl (C=O) groups is 2. The highest BCUT2D eigenvalue weighted by Crippen LogP contribution is 2.51. The summed E-state index contributed by atoms with van der Waals surface area (Å²) in [7, 11) is 0.488. The zero-order valence-electron chi connectivity index (χ0n) is 25.4. The normalized spacial score (nSPS) is 22.9. The second kappa shape index (κ2) is 13.5. The maximum atomic E-state index is 14.0. The zero-order valence-corrected chi connectivity index (χ0v) is 27.5. The van der Waals surface area contributed by atoms with Crippen LogP contribution in [0, 0.1) is 21.3 Å². The average Bonchev–Trinajstić information content (AvgIpc) is 3.05. The van der Waals surface area contributed by atoms with Gasteiger partial charge in [-0.1, -0.05) is 61.0 Å². The van der Waals surface area contributed by atoms with Crippen molar-refractivity contribution in [3.63, 3.8) is 0 Å². The molecular formula is C36H36BIO7. The number of phenolic OH excluding ortho intramolecular Hbond substituents is 1. The summed E-state index contributed by atoms with van der Waals surface area (Å²) in [5.74, 6) is -0.148. The van der Waals surface area contributed by atoms with Crippen molar-refractivity contribution in [3.05, 3.63) is 104 Å². The van der Waals surface area contributed by atoms with Crippen molar-refractivity contribution in [2.24, 2.45) is 17.8 Å². The predicted octanol–water partition coefficient (Wildman–Crippen LogP) is 7.17. The fourth-order valence-electron chi connectivity index (χ4n) is 7.22. The van der Waals surface area contributed by atoms with Crippen LogP contribution in [0.1, 0.15) is 58.9 Å². The number of phenols is 1. The Kier molecular flexibility index (Phi) is 9.49. The van der Waals surface area contributed by atoms with Crippen LogP contribution in [0.4, 0.5) is 0 Å². The Balaban J connectivity index is 1.34. The van der Waals surface area contributed by atoms with Crippen molar-refractivity contribution in [2.75, 3.05) is 13.7 Å². The average molecular weight is 718 g/mol. The number of benzene rings is 3. The lowest BCUT2D eigenvalue weighted by Gasteiger charge is -2.47. The van der Waals surface area contributed by atoms with E-state index < -0.39 is 25.1 Å². The third-order valence-corrected chi connectivity index (χ3v) is 10.2. The van der Waals surface area contributed by atoms with Gasteiger partial charge in [-0.25, -0.2) is 0 Å². The minimum absolute atomic E-state index is 0.0147. The molecule has 1 saturated heterocycles. The molecule has 1 heterocycles. The number of aromatic hydroxyl groups is 1. The highest BCUT2D eigenvalue weighted by molar-refractivity contribution is 14.1. The van der Waals surface area contributed by atoms with Gasteiger partial charge in [-0.15, -0.1) is 0 Å². The number of carbonyl (C=O) groups excluding carboxylic acids is 2. The van der Waals surface area contributed by atoms with Crippen molar-refractivity contribution >= 4 is 47.4 Å². The van der Waals surface area contributed by atoms with Crippen LogP contribution in [0.15, 0.2) is 83.4 Å². The third-order valence-electron chi connectivity index (χ3n) is 9.34. The molecule has 45 heavy (non-hydrogen) atoms. The van der Waals surface area contributed by atoms with Crippen LogP contribution in [0.3, 0.4) is 0 Å². The largest absolute Gasteiger partial charge is 0.504 e. The highest BCUT2D eigenvalue weighted by Gasteiger charge is 2.53. The molecule has 7 nitrogen and oxygen atoms in total. The van der Waals surface area contributed by atoms with Gasteiger partial charge in [-0.2, -0.15) is 0 Å². The lowest BCUT2D eigenvalue weighted by molar-refractivity contribution is 0.0592. The molecule has 0 saturated carbocycles. The van der Waals surface area contributed by atoms with E-state index in [0.717, 1.165) is 28.9 Å². The first-order chi connectivity index (χ1) is 21.8. The Morgan fingerprint density at radius 1 is 1.04 bits per heavy atom. The number of methoxy groups -OCH3 is 1. The standard InChI is InChI=1S/C36H36BIO7/c1-3-21(15-22-16-29(38)36(41)31(17-22)43-2)13-14-30-32-23(20-44-24-9-5-4-6-10-24)18-27-33(28(32)19-37(42)45-30)35(40)26-12-8-7-11-25(26)34(27)39/h4-12,15-17,27-28,30,33,41-42H,3,13-14,18-20H2,1-2H3/b21-15+/t27-,28+,30-,33-/m1/s1. The topological polar surface area (TPSA) is 102 Å². The SMILES string of the molecule is CC/C(=C\c1cc(I)c(O)c(OC)c1)CC[C@H]1OB(O)C[C@H]2C1=C(COc1ccccc1)C[C@H]1C(=O)c3ccccc3C(=O)[C@H]12. The van der Waals surface area contributed by atoms with E-state index in [1.807, 2.05) is 42.5 Å². The molecule has 0 radical (unpaired) electrons. The second-order valence-electron chi connectivity index (χ2n) is 11.9. The Morgan fingerprint density at radius 3 is 2.47 bits per heavy atom. The fourth-order valence-corrected chi connectivity index (χ4v) is 7.85. The van der Waals surface area contributed by atoms with E-state index in [4.69, 9.17) is 14.1 Å². The summed E-state index contributed by atoms with van der Waals surface area (Å²) >= 11 is 2.09. The van der Waals surface area contributed by atoms with Crippen molar-refractivity contribution in [3.8, 4) is 17.2 Å². The van der Waals surface area contributed by atoms with Crippen LogP contribution < -0.4 is 9.47 Å². The van der Waals surface area contributed by atoms with Crippen LogP contribution in [-0.2, 0) is 4.65 Å². The minimum Gasteiger partial charge on any atom is -0.504 e. The van der Waals surface area contributed by atoms with Gasteiger partial charge in [-0.05, 0) is 101 Å². The molecule has 0 spiro atoms. The Hall–Kier alpha value is -3.41. The number of para-hydroxylation sites is 1. The summed E-state index contributed by atoms with van der Waals surface area (Å²) in [6, 6.07) is 20.4. The molecule has 2 aliphatic carbocycles. The maximum absolute atomic E-state index is 14.0. The molecule has 3 aromatic rings. The molecule has 1 aliphatic heterocycles. The summed E-state index contributed by atoms with van der Waals surface area (Å²) in [6.45, 7) is 2.38. The number of rotatable bonds is 9. The summed E-state index contributed by atoms with van der Waals surface area (Å²) in [4.78, 5) is 27.8. The number of fused-ring (bicyclic) bond motifs is 4. The quantitative estimate of drug-likeness (QED) is 0.138. The summed E-state index contributed by atoms with van der Waals surface area (Å²) in [6.07, 6.45) is 4.44.